The van der Waals surface area contributed by atoms with Crippen LogP contribution in [0.5, 0.6) is 0 Å². The molecule has 0 aliphatic carbocycles. The Kier molecular flexibility index (Phi) is 7.76. The molecule has 1 aliphatic rings. The Labute approximate surface area is 185 Å². The number of ketones is 1. The van der Waals surface area contributed by atoms with Gasteiger partial charge in [-0.05, 0) is 73.8 Å². The van der Waals surface area contributed by atoms with E-state index in [4.69, 9.17) is 16.7 Å². The molecule has 2 N–H and O–H groups in total. The first-order valence-corrected chi connectivity index (χ1v) is 10.6. The van der Waals surface area contributed by atoms with Crippen molar-refractivity contribution in [1.82, 2.24) is 4.90 Å². The number of Topliss-reactive ketones (excluding diaryl/α,β-unsaturated/α-hetero) is 1. The summed E-state index contributed by atoms with van der Waals surface area (Å²) in [5.41, 5.74) is 2.42. The number of likely N-dealkylation sites (tertiary alicyclic amines) is 1. The predicted octanol–water partition coefficient (Wildman–Crippen LogP) is 4.30. The second-order valence-electron chi connectivity index (χ2n) is 7.63. The molecule has 6 nitrogen and oxygen atoms in total. The van der Waals surface area contributed by atoms with Crippen molar-refractivity contribution in [1.29, 1.82) is 0 Å². The summed E-state index contributed by atoms with van der Waals surface area (Å²) in [5, 5.41) is 11.5. The molecule has 2 aromatic carbocycles. The second-order valence-corrected chi connectivity index (χ2v) is 8.04. The third-order valence-corrected chi connectivity index (χ3v) is 5.66. The van der Waals surface area contributed by atoms with Gasteiger partial charge in [0.25, 0.3) is 5.91 Å². The van der Waals surface area contributed by atoms with Gasteiger partial charge < -0.3 is 10.4 Å². The summed E-state index contributed by atoms with van der Waals surface area (Å²) in [6.07, 6.45) is 3.59. The molecule has 0 atom stereocenters. The summed E-state index contributed by atoms with van der Waals surface area (Å²) < 4.78 is 13.7. The Balaban J connectivity index is 1.80. The average Bonchev–Trinajstić information content (AvgIpc) is 2.75. The first kappa shape index (κ1) is 22.9. The Morgan fingerprint density at radius 2 is 1.77 bits per heavy atom. The van der Waals surface area contributed by atoms with E-state index in [1.54, 1.807) is 18.2 Å². The van der Waals surface area contributed by atoms with E-state index in [2.05, 4.69) is 10.2 Å². The van der Waals surface area contributed by atoms with Gasteiger partial charge in [-0.1, -0.05) is 24.1 Å². The maximum absolute atomic E-state index is 13.7. The van der Waals surface area contributed by atoms with Crippen LogP contribution in [0.15, 0.2) is 36.4 Å². The predicted molar refractivity (Wildman–Crippen MR) is 116 cm³/mol. The molecule has 3 rings (SSSR count). The number of carboxylic acids is 1. The quantitative estimate of drug-likeness (QED) is 0.590. The molecular weight excluding hydrogens is 423 g/mol. The van der Waals surface area contributed by atoms with Crippen LogP contribution >= 0.6 is 11.6 Å². The Morgan fingerprint density at radius 3 is 2.45 bits per heavy atom. The number of hydrogen-bond acceptors (Lipinski definition) is 4. The highest BCUT2D eigenvalue weighted by atomic mass is 35.5. The van der Waals surface area contributed by atoms with E-state index in [9.17, 15) is 18.8 Å². The number of halogens is 2. The number of aliphatic carboxylic acids is 1. The minimum absolute atomic E-state index is 0.0259. The molecule has 1 fully saturated rings. The number of carboxylic acid groups (broad SMARTS) is 1. The fraction of sp³-hybridized carbons (Fsp3) is 0.348. The molecule has 1 saturated heterocycles. The molecule has 1 amide bonds. The first-order chi connectivity index (χ1) is 14.8. The molecular formula is C23H24ClFN2O4. The topological polar surface area (TPSA) is 86.7 Å². The van der Waals surface area contributed by atoms with Crippen LogP contribution in [0.4, 0.5) is 10.1 Å². The molecule has 0 radical (unpaired) electrons. The van der Waals surface area contributed by atoms with Gasteiger partial charge in [0.1, 0.15) is 5.82 Å². The Hall–Kier alpha value is -2.77. The third kappa shape index (κ3) is 6.35. The summed E-state index contributed by atoms with van der Waals surface area (Å²) in [4.78, 5) is 37.4. The normalized spacial score (nSPS) is 14.3. The van der Waals surface area contributed by atoms with Crippen LogP contribution < -0.4 is 5.32 Å². The molecule has 1 aliphatic heterocycles. The molecule has 0 bridgehead atoms. The lowest BCUT2D eigenvalue weighted by Gasteiger charge is -2.27. The maximum atomic E-state index is 13.7. The lowest BCUT2D eigenvalue weighted by atomic mass is 9.97. The first-order valence-electron chi connectivity index (χ1n) is 10.2. The average molecular weight is 447 g/mol. The fourth-order valence-electron chi connectivity index (χ4n) is 3.65. The zero-order valence-corrected chi connectivity index (χ0v) is 17.8. The van der Waals surface area contributed by atoms with Crippen LogP contribution in [0.1, 0.15) is 47.2 Å². The van der Waals surface area contributed by atoms with Crippen LogP contribution in [0.3, 0.4) is 0 Å². The summed E-state index contributed by atoms with van der Waals surface area (Å²) >= 11 is 5.68. The number of nitrogens with one attached hydrogen (secondary N) is 1. The van der Waals surface area contributed by atoms with Crippen molar-refractivity contribution in [2.45, 2.75) is 38.6 Å². The van der Waals surface area contributed by atoms with Crippen molar-refractivity contribution in [3.63, 3.8) is 0 Å². The summed E-state index contributed by atoms with van der Waals surface area (Å²) in [6.45, 7) is 2.52. The molecule has 0 unspecified atom stereocenters. The molecule has 164 valence electrons. The SMILES string of the molecule is O=C(O)C(=O)CCc1ccc(C(=O)Nc2ccc(Cl)c(F)c2)cc1CN1CCCCC1. The number of aryl methyl sites for hydroxylation is 1. The molecule has 31 heavy (non-hydrogen) atoms. The highest BCUT2D eigenvalue weighted by Crippen LogP contribution is 2.22. The largest absolute Gasteiger partial charge is 0.476 e. The van der Waals surface area contributed by atoms with Gasteiger partial charge in [0.15, 0.2) is 0 Å². The summed E-state index contributed by atoms with van der Waals surface area (Å²) in [7, 11) is 0. The van der Waals surface area contributed by atoms with Crippen molar-refractivity contribution in [3.05, 3.63) is 63.9 Å². The molecule has 2 aromatic rings. The lowest BCUT2D eigenvalue weighted by Crippen LogP contribution is -2.29. The number of piperidine rings is 1. The number of hydrogen-bond donors (Lipinski definition) is 2. The van der Waals surface area contributed by atoms with Crippen molar-refractivity contribution in [3.8, 4) is 0 Å². The van der Waals surface area contributed by atoms with Gasteiger partial charge in [-0.3, -0.25) is 14.5 Å². The highest BCUT2D eigenvalue weighted by Gasteiger charge is 2.17. The molecule has 0 saturated carbocycles. The van der Waals surface area contributed by atoms with Gasteiger partial charge in [-0.25, -0.2) is 9.18 Å². The van der Waals surface area contributed by atoms with Gasteiger partial charge in [-0.15, -0.1) is 0 Å². The van der Waals surface area contributed by atoms with Crippen LogP contribution in [0, 0.1) is 5.82 Å². The van der Waals surface area contributed by atoms with Crippen molar-refractivity contribution >= 4 is 34.9 Å². The second kappa shape index (κ2) is 10.5. The van der Waals surface area contributed by atoms with Crippen LogP contribution in [-0.2, 0) is 22.6 Å². The van der Waals surface area contributed by atoms with Gasteiger partial charge in [0, 0.05) is 24.2 Å². The number of nitrogens with zero attached hydrogens (tertiary/aromatic N) is 1. The molecule has 0 aromatic heterocycles. The van der Waals surface area contributed by atoms with Crippen molar-refractivity contribution in [2.75, 3.05) is 18.4 Å². The van der Waals surface area contributed by atoms with Gasteiger partial charge in [-0.2, -0.15) is 0 Å². The van der Waals surface area contributed by atoms with E-state index in [0.717, 1.165) is 43.1 Å². The van der Waals surface area contributed by atoms with Crippen molar-refractivity contribution in [2.24, 2.45) is 0 Å². The minimum atomic E-state index is -1.44. The lowest BCUT2D eigenvalue weighted by molar-refractivity contribution is -0.149. The zero-order valence-electron chi connectivity index (χ0n) is 17.0. The van der Waals surface area contributed by atoms with E-state index >= 15 is 0 Å². The third-order valence-electron chi connectivity index (χ3n) is 5.35. The Bertz CT molecular complexity index is 990. The number of amides is 1. The number of rotatable bonds is 8. The smallest absolute Gasteiger partial charge is 0.372 e. The van der Waals surface area contributed by atoms with Crippen LogP contribution in [0.2, 0.25) is 5.02 Å². The number of carbonyl (C=O) groups excluding carboxylic acids is 2. The summed E-state index contributed by atoms with van der Waals surface area (Å²) in [6, 6.07) is 9.19. The van der Waals surface area contributed by atoms with E-state index in [-0.39, 0.29) is 11.4 Å². The number of anilines is 1. The standard InChI is InChI=1S/C23H24ClFN2O4/c24-19-8-7-18(13-20(19)25)26-22(29)16-5-4-15(6-9-21(28)23(30)31)17(12-16)14-27-10-2-1-3-11-27/h4-5,7-8,12-13H,1-3,6,9-11,14H2,(H,26,29)(H,30,31). The van der Waals surface area contributed by atoms with Gasteiger partial charge in [0.05, 0.1) is 5.02 Å². The number of carbonyl (C=O) groups is 3. The molecule has 0 spiro atoms. The van der Waals surface area contributed by atoms with Gasteiger partial charge in [0.2, 0.25) is 5.78 Å². The highest BCUT2D eigenvalue weighted by molar-refractivity contribution is 6.32. The Morgan fingerprint density at radius 1 is 1.03 bits per heavy atom. The van der Waals surface area contributed by atoms with E-state index in [1.165, 1.54) is 18.6 Å². The molecule has 1 heterocycles. The summed E-state index contributed by atoms with van der Waals surface area (Å²) in [5.74, 6) is -3.29. The van der Waals surface area contributed by atoms with Crippen LogP contribution in [-0.4, -0.2) is 40.8 Å². The molecule has 8 heteroatoms. The number of benzene rings is 2. The van der Waals surface area contributed by atoms with E-state index in [1.807, 2.05) is 0 Å². The van der Waals surface area contributed by atoms with Gasteiger partial charge >= 0.3 is 5.97 Å². The fourth-order valence-corrected chi connectivity index (χ4v) is 3.77. The monoisotopic (exact) mass is 446 g/mol. The van der Waals surface area contributed by atoms with E-state index < -0.39 is 23.5 Å². The van der Waals surface area contributed by atoms with E-state index in [0.29, 0.717) is 24.2 Å². The zero-order chi connectivity index (χ0) is 22.4. The van der Waals surface area contributed by atoms with Crippen LogP contribution in [0.25, 0.3) is 0 Å². The van der Waals surface area contributed by atoms with Crippen molar-refractivity contribution < 1.29 is 23.9 Å². The minimum Gasteiger partial charge on any atom is -0.476 e. The maximum Gasteiger partial charge on any atom is 0.372 e.